The number of likely N-dealkylation sites (N-methyl/N-ethyl adjacent to an activating group) is 1. The van der Waals surface area contributed by atoms with Crippen LogP contribution in [-0.4, -0.2) is 26.2 Å². The van der Waals surface area contributed by atoms with Crippen LogP contribution in [-0.2, 0) is 0 Å². The normalized spacial score (nSPS) is 30.0. The summed E-state index contributed by atoms with van der Waals surface area (Å²) in [6.45, 7) is 4.64. The first kappa shape index (κ1) is 14.0. The van der Waals surface area contributed by atoms with Gasteiger partial charge < -0.3 is 10.6 Å². The number of nitrogens with one attached hydrogen (secondary N) is 2. The molecular weight excluding hydrogens is 183 g/mol. The quantitative estimate of drug-likeness (QED) is 0.662. The molecule has 1 aliphatic heterocycles. The smallest absolute Gasteiger partial charge is 0.0215 e. The largest absolute Gasteiger partial charge is 0.315 e. The van der Waals surface area contributed by atoms with E-state index in [1.165, 1.54) is 13.0 Å². The van der Waals surface area contributed by atoms with Gasteiger partial charge in [0, 0.05) is 12.6 Å². The van der Waals surface area contributed by atoms with Crippen molar-refractivity contribution in [2.24, 2.45) is 5.92 Å². The average Bonchev–Trinajstić information content (AvgIpc) is 1.89. The second kappa shape index (κ2) is 7.17. The van der Waals surface area contributed by atoms with Crippen molar-refractivity contribution in [3.8, 4) is 0 Å². The molecule has 4 heteroatoms. The van der Waals surface area contributed by atoms with E-state index in [1.54, 1.807) is 0 Å². The van der Waals surface area contributed by atoms with E-state index in [1.807, 2.05) is 7.05 Å². The third-order valence-electron chi connectivity index (χ3n) is 2.20. The molecule has 1 heterocycles. The summed E-state index contributed by atoms with van der Waals surface area (Å²) >= 11 is 0. The van der Waals surface area contributed by atoms with Gasteiger partial charge >= 0.3 is 0 Å². The standard InChI is InChI=1S/C7H16N2.2ClH/c1-6-3-4-9-5-7(6)8-2;;/h6-9H,3-5H2,1-2H3;2*1H/t6-,7+;;/m1../s1. The van der Waals surface area contributed by atoms with E-state index in [-0.39, 0.29) is 24.8 Å². The van der Waals surface area contributed by atoms with Crippen LogP contribution in [0.3, 0.4) is 0 Å². The molecule has 0 aliphatic carbocycles. The highest BCUT2D eigenvalue weighted by molar-refractivity contribution is 5.85. The Labute approximate surface area is 81.3 Å². The first-order chi connectivity index (χ1) is 4.34. The zero-order valence-electron chi connectivity index (χ0n) is 7.09. The van der Waals surface area contributed by atoms with Gasteiger partial charge in [0.15, 0.2) is 0 Å². The second-order valence-corrected chi connectivity index (χ2v) is 2.87. The minimum Gasteiger partial charge on any atom is -0.315 e. The number of hydrogen-bond donors (Lipinski definition) is 2. The summed E-state index contributed by atoms with van der Waals surface area (Å²) in [6.07, 6.45) is 1.31. The van der Waals surface area contributed by atoms with Crippen molar-refractivity contribution in [1.82, 2.24) is 10.6 Å². The van der Waals surface area contributed by atoms with Crippen molar-refractivity contribution < 1.29 is 0 Å². The van der Waals surface area contributed by atoms with Crippen LogP contribution in [0.1, 0.15) is 13.3 Å². The van der Waals surface area contributed by atoms with Crippen LogP contribution >= 0.6 is 24.8 Å². The molecule has 1 saturated heterocycles. The van der Waals surface area contributed by atoms with E-state index < -0.39 is 0 Å². The van der Waals surface area contributed by atoms with Crippen LogP contribution < -0.4 is 10.6 Å². The molecule has 2 N–H and O–H groups in total. The maximum Gasteiger partial charge on any atom is 0.0215 e. The van der Waals surface area contributed by atoms with Gasteiger partial charge in [-0.2, -0.15) is 0 Å². The van der Waals surface area contributed by atoms with Crippen LogP contribution in [0.25, 0.3) is 0 Å². The van der Waals surface area contributed by atoms with Crippen molar-refractivity contribution >= 4 is 24.8 Å². The van der Waals surface area contributed by atoms with Crippen molar-refractivity contribution in [2.75, 3.05) is 20.1 Å². The fourth-order valence-corrected chi connectivity index (χ4v) is 1.38. The fraction of sp³-hybridized carbons (Fsp3) is 1.00. The molecule has 11 heavy (non-hydrogen) atoms. The molecule has 0 saturated carbocycles. The third kappa shape index (κ3) is 4.16. The molecule has 0 unspecified atom stereocenters. The van der Waals surface area contributed by atoms with Crippen molar-refractivity contribution in [3.63, 3.8) is 0 Å². The zero-order valence-corrected chi connectivity index (χ0v) is 8.73. The van der Waals surface area contributed by atoms with Gasteiger partial charge in [-0.1, -0.05) is 6.92 Å². The minimum absolute atomic E-state index is 0. The zero-order chi connectivity index (χ0) is 6.69. The molecule has 0 aromatic rings. The summed E-state index contributed by atoms with van der Waals surface area (Å²) in [6, 6.07) is 0.693. The molecule has 0 spiro atoms. The number of rotatable bonds is 1. The summed E-state index contributed by atoms with van der Waals surface area (Å²) in [7, 11) is 2.04. The minimum atomic E-state index is 0. The fourth-order valence-electron chi connectivity index (χ4n) is 1.38. The van der Waals surface area contributed by atoms with Crippen molar-refractivity contribution in [3.05, 3.63) is 0 Å². The van der Waals surface area contributed by atoms with Gasteiger partial charge in [0.05, 0.1) is 0 Å². The number of hydrogen-bond acceptors (Lipinski definition) is 2. The molecule has 0 aromatic carbocycles. The lowest BCUT2D eigenvalue weighted by Gasteiger charge is -2.28. The lowest BCUT2D eigenvalue weighted by atomic mass is 9.95. The van der Waals surface area contributed by atoms with Crippen LogP contribution in [0.2, 0.25) is 0 Å². The molecule has 0 bridgehead atoms. The Morgan fingerprint density at radius 1 is 1.36 bits per heavy atom. The van der Waals surface area contributed by atoms with E-state index in [2.05, 4.69) is 17.6 Å². The Bertz CT molecular complexity index is 90.5. The lowest BCUT2D eigenvalue weighted by Crippen LogP contribution is -2.46. The summed E-state index contributed by atoms with van der Waals surface area (Å²) in [5.74, 6) is 0.844. The average molecular weight is 201 g/mol. The molecule has 0 amide bonds. The summed E-state index contributed by atoms with van der Waals surface area (Å²) in [4.78, 5) is 0. The second-order valence-electron chi connectivity index (χ2n) is 2.87. The monoisotopic (exact) mass is 200 g/mol. The van der Waals surface area contributed by atoms with Gasteiger partial charge in [-0.05, 0) is 25.9 Å². The molecule has 0 aromatic heterocycles. The van der Waals surface area contributed by atoms with Crippen molar-refractivity contribution in [2.45, 2.75) is 19.4 Å². The van der Waals surface area contributed by atoms with Crippen LogP contribution in [0, 0.1) is 5.92 Å². The topological polar surface area (TPSA) is 24.1 Å². The Morgan fingerprint density at radius 2 is 2.00 bits per heavy atom. The predicted molar refractivity (Wildman–Crippen MR) is 54.0 cm³/mol. The highest BCUT2D eigenvalue weighted by atomic mass is 35.5. The summed E-state index contributed by atoms with van der Waals surface area (Å²) in [5, 5.41) is 6.64. The molecule has 1 rings (SSSR count). The molecule has 1 aliphatic rings. The highest BCUT2D eigenvalue weighted by Crippen LogP contribution is 2.09. The molecule has 1 fully saturated rings. The van der Waals surface area contributed by atoms with Crippen LogP contribution in [0.5, 0.6) is 0 Å². The predicted octanol–water partition coefficient (Wildman–Crippen LogP) is 1.05. The van der Waals surface area contributed by atoms with Gasteiger partial charge in [-0.15, -0.1) is 24.8 Å². The summed E-state index contributed by atoms with van der Waals surface area (Å²) in [5.41, 5.74) is 0. The lowest BCUT2D eigenvalue weighted by molar-refractivity contribution is 0.311. The van der Waals surface area contributed by atoms with Gasteiger partial charge in [0.1, 0.15) is 0 Å². The SMILES string of the molecule is CN[C@H]1CNCC[C@H]1C.Cl.Cl. The number of piperidine rings is 1. The van der Waals surface area contributed by atoms with Crippen LogP contribution in [0.15, 0.2) is 0 Å². The third-order valence-corrected chi connectivity index (χ3v) is 2.20. The van der Waals surface area contributed by atoms with Crippen molar-refractivity contribution in [1.29, 1.82) is 0 Å². The first-order valence-corrected chi connectivity index (χ1v) is 3.72. The first-order valence-electron chi connectivity index (χ1n) is 3.72. The Balaban J connectivity index is 0. The Morgan fingerprint density at radius 3 is 2.36 bits per heavy atom. The van der Waals surface area contributed by atoms with Crippen LogP contribution in [0.4, 0.5) is 0 Å². The maximum atomic E-state index is 3.35. The molecule has 2 atom stereocenters. The van der Waals surface area contributed by atoms with E-state index in [4.69, 9.17) is 0 Å². The van der Waals surface area contributed by atoms with E-state index in [0.29, 0.717) is 6.04 Å². The number of halogens is 2. The van der Waals surface area contributed by atoms with Gasteiger partial charge in [0.25, 0.3) is 0 Å². The molecule has 70 valence electrons. The molecule has 2 nitrogen and oxygen atoms in total. The highest BCUT2D eigenvalue weighted by Gasteiger charge is 2.17. The van der Waals surface area contributed by atoms with Gasteiger partial charge in [-0.25, -0.2) is 0 Å². The van der Waals surface area contributed by atoms with E-state index in [9.17, 15) is 0 Å². The van der Waals surface area contributed by atoms with E-state index >= 15 is 0 Å². The molecular formula is C7H18Cl2N2. The molecule has 0 radical (unpaired) electrons. The summed E-state index contributed by atoms with van der Waals surface area (Å²) < 4.78 is 0. The Kier molecular flexibility index (Phi) is 9.15. The maximum absolute atomic E-state index is 3.35. The van der Waals surface area contributed by atoms with Gasteiger partial charge in [-0.3, -0.25) is 0 Å². The van der Waals surface area contributed by atoms with E-state index in [0.717, 1.165) is 12.5 Å². The Hall–Kier alpha value is 0.500. The van der Waals surface area contributed by atoms with Gasteiger partial charge in [0.2, 0.25) is 0 Å².